The molecule has 1 aromatic heterocycles. The molecule has 0 aromatic carbocycles. The van der Waals surface area contributed by atoms with Crippen molar-refractivity contribution in [1.29, 1.82) is 0 Å². The SMILES string of the molecule is O=C(O)C(O)(Cc1ccccn1)C(=O)O.[H-].[Li+]. The van der Waals surface area contributed by atoms with E-state index < -0.39 is 24.0 Å². The molecule has 0 bridgehead atoms. The average molecular weight is 219 g/mol. The fraction of sp³-hybridized carbons (Fsp3) is 0.222. The summed E-state index contributed by atoms with van der Waals surface area (Å²) >= 11 is 0. The molecule has 0 spiro atoms. The van der Waals surface area contributed by atoms with Gasteiger partial charge in [0.25, 0.3) is 5.60 Å². The molecule has 1 rings (SSSR count). The third kappa shape index (κ3) is 3.07. The first-order valence-corrected chi connectivity index (χ1v) is 4.06. The van der Waals surface area contributed by atoms with Gasteiger partial charge >= 0.3 is 30.8 Å². The molecular weight excluding hydrogens is 209 g/mol. The summed E-state index contributed by atoms with van der Waals surface area (Å²) in [6, 6.07) is 4.62. The number of aliphatic carboxylic acids is 2. The van der Waals surface area contributed by atoms with Gasteiger partial charge in [-0.25, -0.2) is 9.59 Å². The molecule has 0 saturated heterocycles. The third-order valence-electron chi connectivity index (χ3n) is 1.87. The summed E-state index contributed by atoms with van der Waals surface area (Å²) in [6.07, 6.45) is 0.817. The van der Waals surface area contributed by atoms with E-state index in [-0.39, 0.29) is 26.0 Å². The van der Waals surface area contributed by atoms with Gasteiger partial charge in [-0.15, -0.1) is 0 Å². The van der Waals surface area contributed by atoms with Gasteiger partial charge in [0.15, 0.2) is 0 Å². The smallest absolute Gasteiger partial charge is 1.00 e. The van der Waals surface area contributed by atoms with E-state index >= 15 is 0 Å². The number of carbonyl (C=O) groups is 2. The number of nitrogens with zero attached hydrogens (tertiary/aromatic N) is 1. The Bertz CT molecular complexity index is 372. The second-order valence-electron chi connectivity index (χ2n) is 2.97. The predicted molar refractivity (Wildman–Crippen MR) is 49.3 cm³/mol. The van der Waals surface area contributed by atoms with Crippen LogP contribution in [0.15, 0.2) is 24.4 Å². The molecule has 0 radical (unpaired) electrons. The third-order valence-corrected chi connectivity index (χ3v) is 1.87. The Morgan fingerprint density at radius 2 is 1.88 bits per heavy atom. The summed E-state index contributed by atoms with van der Waals surface area (Å²) in [4.78, 5) is 25.0. The predicted octanol–water partition coefficient (Wildman–Crippen LogP) is -3.36. The second-order valence-corrected chi connectivity index (χ2v) is 2.97. The number of pyridine rings is 1. The molecule has 0 unspecified atom stereocenters. The molecular formula is C9H10LiNO5. The molecule has 0 fully saturated rings. The summed E-state index contributed by atoms with van der Waals surface area (Å²) in [5.74, 6) is -3.61. The van der Waals surface area contributed by atoms with Crippen LogP contribution in [0.1, 0.15) is 7.12 Å². The Hall–Kier alpha value is -1.35. The molecule has 16 heavy (non-hydrogen) atoms. The molecule has 1 heterocycles. The van der Waals surface area contributed by atoms with Crippen LogP contribution in [-0.4, -0.2) is 37.8 Å². The van der Waals surface area contributed by atoms with Gasteiger partial charge in [0.05, 0.1) is 0 Å². The molecule has 0 amide bonds. The van der Waals surface area contributed by atoms with E-state index in [2.05, 4.69) is 4.98 Å². The van der Waals surface area contributed by atoms with Crippen molar-refractivity contribution in [3.05, 3.63) is 30.1 Å². The number of carboxylic acid groups (broad SMARTS) is 2. The summed E-state index contributed by atoms with van der Waals surface area (Å²) in [6.45, 7) is 0. The summed E-state index contributed by atoms with van der Waals surface area (Å²) in [7, 11) is 0. The molecule has 0 atom stereocenters. The zero-order chi connectivity index (χ0) is 11.5. The number of hydrogen-bond acceptors (Lipinski definition) is 4. The maximum atomic E-state index is 10.6. The molecule has 82 valence electrons. The van der Waals surface area contributed by atoms with E-state index in [9.17, 15) is 14.7 Å². The molecule has 3 N–H and O–H groups in total. The first-order valence-electron chi connectivity index (χ1n) is 4.06. The van der Waals surface area contributed by atoms with E-state index in [1.807, 2.05) is 0 Å². The van der Waals surface area contributed by atoms with Gasteiger partial charge in [0.1, 0.15) is 0 Å². The first kappa shape index (κ1) is 14.6. The van der Waals surface area contributed by atoms with Gasteiger partial charge < -0.3 is 16.7 Å². The minimum atomic E-state index is -2.83. The molecule has 0 aliphatic carbocycles. The van der Waals surface area contributed by atoms with Crippen LogP contribution in [0.25, 0.3) is 0 Å². The van der Waals surface area contributed by atoms with Gasteiger partial charge in [0.2, 0.25) is 0 Å². The van der Waals surface area contributed by atoms with Crippen molar-refractivity contribution in [1.82, 2.24) is 4.98 Å². The molecule has 6 nitrogen and oxygen atoms in total. The minimum absolute atomic E-state index is 0. The van der Waals surface area contributed by atoms with Gasteiger partial charge in [-0.2, -0.15) is 0 Å². The Morgan fingerprint density at radius 1 is 1.31 bits per heavy atom. The standard InChI is InChI=1S/C9H9NO5.Li.H/c11-7(12)9(15,8(13)14)5-6-3-1-2-4-10-6;;/h1-4,15H,5H2,(H,11,12)(H,13,14);;/q;+1;-1. The van der Waals surface area contributed by atoms with E-state index in [0.29, 0.717) is 0 Å². The van der Waals surface area contributed by atoms with Crippen LogP contribution in [0.3, 0.4) is 0 Å². The number of aliphatic hydroxyl groups is 1. The fourth-order valence-electron chi connectivity index (χ4n) is 1.01. The molecule has 0 aliphatic heterocycles. The van der Waals surface area contributed by atoms with E-state index in [4.69, 9.17) is 10.2 Å². The molecule has 7 heteroatoms. The van der Waals surface area contributed by atoms with Gasteiger partial charge in [0, 0.05) is 18.3 Å². The topological polar surface area (TPSA) is 108 Å². The van der Waals surface area contributed by atoms with E-state index in [1.54, 1.807) is 12.1 Å². The summed E-state index contributed by atoms with van der Waals surface area (Å²) < 4.78 is 0. The number of aromatic nitrogens is 1. The van der Waals surface area contributed by atoms with Crippen LogP contribution in [-0.2, 0) is 16.0 Å². The van der Waals surface area contributed by atoms with Crippen molar-refractivity contribution in [3.63, 3.8) is 0 Å². The number of hydrogen-bond donors (Lipinski definition) is 3. The zero-order valence-electron chi connectivity index (χ0n) is 9.62. The summed E-state index contributed by atoms with van der Waals surface area (Å²) in [5.41, 5.74) is -2.63. The Balaban J connectivity index is 0. The maximum Gasteiger partial charge on any atom is 1.00 e. The van der Waals surface area contributed by atoms with E-state index in [1.165, 1.54) is 12.3 Å². The van der Waals surface area contributed by atoms with Gasteiger partial charge in [-0.05, 0) is 12.1 Å². The Kier molecular flexibility index (Phi) is 5.18. The van der Waals surface area contributed by atoms with Crippen molar-refractivity contribution in [2.75, 3.05) is 0 Å². The van der Waals surface area contributed by atoms with Crippen molar-refractivity contribution < 1.29 is 45.2 Å². The zero-order valence-corrected chi connectivity index (χ0v) is 8.62. The Labute approximate surface area is 105 Å². The first-order chi connectivity index (χ1) is 6.97. The average Bonchev–Trinajstić information content (AvgIpc) is 2.18. The van der Waals surface area contributed by atoms with Crippen LogP contribution in [0, 0.1) is 0 Å². The largest absolute Gasteiger partial charge is 1.00 e. The fourth-order valence-corrected chi connectivity index (χ4v) is 1.01. The van der Waals surface area contributed by atoms with Crippen molar-refractivity contribution in [3.8, 4) is 0 Å². The monoisotopic (exact) mass is 219 g/mol. The van der Waals surface area contributed by atoms with Crippen molar-refractivity contribution in [2.24, 2.45) is 0 Å². The van der Waals surface area contributed by atoms with Crippen LogP contribution < -0.4 is 18.9 Å². The van der Waals surface area contributed by atoms with Crippen LogP contribution in [0.4, 0.5) is 0 Å². The normalized spacial score (nSPS) is 10.3. The van der Waals surface area contributed by atoms with E-state index in [0.717, 1.165) is 0 Å². The summed E-state index contributed by atoms with van der Waals surface area (Å²) in [5, 5.41) is 26.6. The van der Waals surface area contributed by atoms with Crippen LogP contribution in [0.2, 0.25) is 0 Å². The Morgan fingerprint density at radius 3 is 2.25 bits per heavy atom. The molecule has 0 saturated carbocycles. The van der Waals surface area contributed by atoms with Gasteiger partial charge in [-0.1, -0.05) is 6.07 Å². The maximum absolute atomic E-state index is 10.6. The minimum Gasteiger partial charge on any atom is -1.00 e. The van der Waals surface area contributed by atoms with Crippen LogP contribution in [0.5, 0.6) is 0 Å². The van der Waals surface area contributed by atoms with Gasteiger partial charge in [-0.3, -0.25) is 4.98 Å². The molecule has 1 aromatic rings. The number of carboxylic acids is 2. The second kappa shape index (κ2) is 5.66. The van der Waals surface area contributed by atoms with Crippen LogP contribution >= 0.6 is 0 Å². The number of rotatable bonds is 4. The molecule has 0 aliphatic rings. The van der Waals surface area contributed by atoms with Crippen molar-refractivity contribution in [2.45, 2.75) is 12.0 Å². The quantitative estimate of drug-likeness (QED) is 0.360. The van der Waals surface area contributed by atoms with Crippen molar-refractivity contribution >= 4 is 11.9 Å².